The van der Waals surface area contributed by atoms with Crippen LogP contribution in [0.3, 0.4) is 0 Å². The maximum atomic E-state index is 12.9. The van der Waals surface area contributed by atoms with Crippen LogP contribution in [0.15, 0.2) is 12.1 Å². The van der Waals surface area contributed by atoms with Crippen molar-refractivity contribution >= 4 is 23.2 Å². The monoisotopic (exact) mass is 375 g/mol. The summed E-state index contributed by atoms with van der Waals surface area (Å²) in [4.78, 5) is 15.4. The van der Waals surface area contributed by atoms with Gasteiger partial charge in [-0.2, -0.15) is 0 Å². The van der Waals surface area contributed by atoms with Gasteiger partial charge < -0.3 is 20.7 Å². The molecule has 0 spiro atoms. The van der Waals surface area contributed by atoms with Crippen LogP contribution < -0.4 is 15.8 Å². The van der Waals surface area contributed by atoms with Gasteiger partial charge in [0.2, 0.25) is 0 Å². The summed E-state index contributed by atoms with van der Waals surface area (Å²) in [5, 5.41) is 3.52. The second-order valence-electron chi connectivity index (χ2n) is 7.22. The lowest BCUT2D eigenvalue weighted by Gasteiger charge is -2.36. The summed E-state index contributed by atoms with van der Waals surface area (Å²) in [6.07, 6.45) is 4.04. The molecule has 0 saturated carbocycles. The highest BCUT2D eigenvalue weighted by molar-refractivity contribution is 6.33. The zero-order chi connectivity index (χ0) is 18.8. The Morgan fingerprint density at radius 2 is 2.04 bits per heavy atom. The van der Waals surface area contributed by atoms with E-state index >= 15 is 0 Å². The number of amides is 1. The molecule has 26 heavy (non-hydrogen) atoms. The largest absolute Gasteiger partial charge is 0.477 e. The number of hydrogen-bond donors (Lipinski definition) is 2. The molecule has 0 aromatic heterocycles. The Hall–Kier alpha value is -1.90. The molecule has 2 fully saturated rings. The highest BCUT2D eigenvalue weighted by Crippen LogP contribution is 2.35. The van der Waals surface area contributed by atoms with Gasteiger partial charge in [0, 0.05) is 24.2 Å². The quantitative estimate of drug-likeness (QED) is 0.627. The number of fused-ring (bicyclic) bond motifs is 2. The number of rotatable bonds is 4. The first kappa shape index (κ1) is 18.9. The molecule has 2 aliphatic rings. The lowest BCUT2D eigenvalue weighted by Crippen LogP contribution is -2.48. The van der Waals surface area contributed by atoms with Crippen LogP contribution in [-0.2, 0) is 0 Å². The number of halogens is 1. The fourth-order valence-electron chi connectivity index (χ4n) is 4.06. The van der Waals surface area contributed by atoms with Crippen molar-refractivity contribution in [2.75, 3.05) is 12.8 Å². The minimum atomic E-state index is -0.341. The molecule has 1 aromatic carbocycles. The van der Waals surface area contributed by atoms with Crippen LogP contribution in [0.5, 0.6) is 5.75 Å². The van der Waals surface area contributed by atoms with Crippen LogP contribution >= 0.6 is 11.6 Å². The first-order chi connectivity index (χ1) is 12.4. The van der Waals surface area contributed by atoms with Gasteiger partial charge in [-0.3, -0.25) is 4.79 Å². The topological polar surface area (TPSA) is 67.6 Å². The van der Waals surface area contributed by atoms with Crippen molar-refractivity contribution in [2.45, 2.75) is 63.8 Å². The molecule has 6 heteroatoms. The van der Waals surface area contributed by atoms with E-state index in [4.69, 9.17) is 22.1 Å². The average Bonchev–Trinajstić information content (AvgIpc) is 2.80. The van der Waals surface area contributed by atoms with Gasteiger partial charge >= 0.3 is 0 Å². The van der Waals surface area contributed by atoms with E-state index in [9.17, 15) is 4.79 Å². The highest BCUT2D eigenvalue weighted by atomic mass is 35.5. The van der Waals surface area contributed by atoms with Gasteiger partial charge in [0.1, 0.15) is 5.75 Å². The van der Waals surface area contributed by atoms with Gasteiger partial charge in [-0.15, -0.1) is 5.92 Å². The van der Waals surface area contributed by atoms with Crippen molar-refractivity contribution < 1.29 is 9.53 Å². The van der Waals surface area contributed by atoms with Crippen molar-refractivity contribution in [3.63, 3.8) is 0 Å². The van der Waals surface area contributed by atoms with Gasteiger partial charge in [0.05, 0.1) is 16.3 Å². The number of benzene rings is 1. The SMILES string of the molecule is CC#C[C@H](C)Oc1cc(N)c(Cl)cc1C(=O)NC1CC2CCC(C1)N2C. The summed E-state index contributed by atoms with van der Waals surface area (Å²) in [7, 11) is 2.18. The number of carbonyl (C=O) groups is 1. The van der Waals surface area contributed by atoms with Crippen LogP contribution in [0.2, 0.25) is 5.02 Å². The first-order valence-corrected chi connectivity index (χ1v) is 9.47. The minimum Gasteiger partial charge on any atom is -0.477 e. The fourth-order valence-corrected chi connectivity index (χ4v) is 4.22. The van der Waals surface area contributed by atoms with E-state index in [1.54, 1.807) is 19.1 Å². The molecular formula is C20H26ClN3O2. The molecule has 2 unspecified atom stereocenters. The molecule has 5 nitrogen and oxygen atoms in total. The van der Waals surface area contributed by atoms with Crippen molar-refractivity contribution in [2.24, 2.45) is 0 Å². The van der Waals surface area contributed by atoms with E-state index in [0.717, 1.165) is 12.8 Å². The molecule has 3 rings (SSSR count). The number of carbonyl (C=O) groups excluding carboxylic acids is 1. The summed E-state index contributed by atoms with van der Waals surface area (Å²) in [5.74, 6) is 5.97. The van der Waals surface area contributed by atoms with E-state index in [1.165, 1.54) is 12.8 Å². The number of hydrogen-bond acceptors (Lipinski definition) is 4. The third kappa shape index (κ3) is 3.92. The van der Waals surface area contributed by atoms with Gasteiger partial charge in [0.15, 0.2) is 6.10 Å². The molecule has 140 valence electrons. The van der Waals surface area contributed by atoms with Crippen LogP contribution in [-0.4, -0.2) is 42.1 Å². The van der Waals surface area contributed by atoms with Gasteiger partial charge in [-0.05, 0) is 52.6 Å². The van der Waals surface area contributed by atoms with Gasteiger partial charge in [-0.1, -0.05) is 17.5 Å². The normalized spacial score (nSPS) is 25.9. The number of nitrogen functional groups attached to an aromatic ring is 1. The number of anilines is 1. The van der Waals surface area contributed by atoms with E-state index < -0.39 is 0 Å². The number of nitrogens with zero attached hydrogens (tertiary/aromatic N) is 1. The second-order valence-corrected chi connectivity index (χ2v) is 7.62. The summed E-state index contributed by atoms with van der Waals surface area (Å²) in [6, 6.07) is 4.48. The Labute approximate surface area is 160 Å². The van der Waals surface area contributed by atoms with E-state index in [1.807, 2.05) is 6.92 Å². The highest BCUT2D eigenvalue weighted by Gasteiger charge is 2.39. The molecule has 3 N–H and O–H groups in total. The predicted molar refractivity (Wildman–Crippen MR) is 104 cm³/mol. The lowest BCUT2D eigenvalue weighted by atomic mass is 9.97. The standard InChI is InChI=1S/C20H26ClN3O2/c1-4-5-12(2)26-19-11-18(22)17(21)10-16(19)20(25)23-13-8-14-6-7-15(9-13)24(14)3/h10-15H,6-9,22H2,1-3H3,(H,23,25)/t12-,13?,14?,15?/m0/s1. The molecule has 2 heterocycles. The maximum absolute atomic E-state index is 12.9. The predicted octanol–water partition coefficient (Wildman–Crippen LogP) is 3.07. The van der Waals surface area contributed by atoms with E-state index in [0.29, 0.717) is 34.1 Å². The number of ether oxygens (including phenoxy) is 1. The molecule has 2 saturated heterocycles. The average molecular weight is 376 g/mol. The molecule has 0 radical (unpaired) electrons. The molecule has 1 aromatic rings. The maximum Gasteiger partial charge on any atom is 0.255 e. The number of piperidine rings is 1. The molecule has 1 amide bonds. The van der Waals surface area contributed by atoms with Crippen molar-refractivity contribution in [3.05, 3.63) is 22.7 Å². The van der Waals surface area contributed by atoms with Crippen molar-refractivity contribution in [1.82, 2.24) is 10.2 Å². The Kier molecular flexibility index (Phi) is 5.64. The Morgan fingerprint density at radius 3 is 2.65 bits per heavy atom. The van der Waals surface area contributed by atoms with Gasteiger partial charge in [0.25, 0.3) is 5.91 Å². The summed E-state index contributed by atoms with van der Waals surface area (Å²) in [5.41, 5.74) is 6.68. The molecular weight excluding hydrogens is 350 g/mol. The third-order valence-corrected chi connectivity index (χ3v) is 5.76. The molecule has 2 bridgehead atoms. The van der Waals surface area contributed by atoms with E-state index in [2.05, 4.69) is 29.1 Å². The molecule has 3 atom stereocenters. The van der Waals surface area contributed by atoms with Crippen LogP contribution in [0.1, 0.15) is 49.9 Å². The minimum absolute atomic E-state index is 0.174. The summed E-state index contributed by atoms with van der Waals surface area (Å²) < 4.78 is 5.82. The fraction of sp³-hybridized carbons (Fsp3) is 0.550. The van der Waals surface area contributed by atoms with Crippen molar-refractivity contribution in [1.29, 1.82) is 0 Å². The van der Waals surface area contributed by atoms with Crippen LogP contribution in [0, 0.1) is 11.8 Å². The Balaban J connectivity index is 1.77. The Morgan fingerprint density at radius 1 is 1.38 bits per heavy atom. The van der Waals surface area contributed by atoms with Crippen molar-refractivity contribution in [3.8, 4) is 17.6 Å². The van der Waals surface area contributed by atoms with Gasteiger partial charge in [-0.25, -0.2) is 0 Å². The molecule has 0 aliphatic carbocycles. The Bertz CT molecular complexity index is 741. The summed E-state index contributed by atoms with van der Waals surface area (Å²) >= 11 is 6.15. The molecule has 2 aliphatic heterocycles. The smallest absolute Gasteiger partial charge is 0.255 e. The zero-order valence-corrected chi connectivity index (χ0v) is 16.3. The third-order valence-electron chi connectivity index (χ3n) is 5.43. The summed E-state index contributed by atoms with van der Waals surface area (Å²) in [6.45, 7) is 3.58. The lowest BCUT2D eigenvalue weighted by molar-refractivity contribution is 0.0878. The zero-order valence-electron chi connectivity index (χ0n) is 15.5. The second kappa shape index (κ2) is 7.77. The number of nitrogens with two attached hydrogens (primary N) is 1. The van der Waals surface area contributed by atoms with Crippen LogP contribution in [0.25, 0.3) is 0 Å². The number of nitrogens with one attached hydrogen (secondary N) is 1. The first-order valence-electron chi connectivity index (χ1n) is 9.09. The van der Waals surface area contributed by atoms with E-state index in [-0.39, 0.29) is 18.1 Å². The van der Waals surface area contributed by atoms with Crippen LogP contribution in [0.4, 0.5) is 5.69 Å².